The van der Waals surface area contributed by atoms with Gasteiger partial charge in [-0.05, 0) is 73.6 Å². The number of anilines is 2. The van der Waals surface area contributed by atoms with Gasteiger partial charge in [0.2, 0.25) is 11.8 Å². The van der Waals surface area contributed by atoms with Crippen molar-refractivity contribution in [1.82, 2.24) is 19.9 Å². The van der Waals surface area contributed by atoms with Gasteiger partial charge in [-0.1, -0.05) is 66.7 Å². The number of aryl methyl sites for hydroxylation is 2. The van der Waals surface area contributed by atoms with E-state index < -0.39 is 0 Å². The molecule has 0 bridgehead atoms. The number of nitrogens with one attached hydrogen (secondary N) is 4. The Morgan fingerprint density at radius 2 is 1.31 bits per heavy atom. The Bertz CT molecular complexity index is 2110. The second-order valence-corrected chi connectivity index (χ2v) is 13.1. The minimum atomic E-state index is -0.0466. The van der Waals surface area contributed by atoms with Crippen LogP contribution in [-0.2, 0) is 22.4 Å². The highest BCUT2D eigenvalue weighted by Gasteiger charge is 2.10. The number of thiazole rings is 2. The van der Waals surface area contributed by atoms with Crippen LogP contribution in [0.1, 0.15) is 48.9 Å². The summed E-state index contributed by atoms with van der Waals surface area (Å²) in [4.78, 5) is 38.1. The smallest absolute Gasteiger partial charge is 0.230 e. The fourth-order valence-electron chi connectivity index (χ4n) is 5.32. The van der Waals surface area contributed by atoms with Crippen molar-refractivity contribution in [2.24, 2.45) is 0 Å². The van der Waals surface area contributed by atoms with E-state index in [0.717, 1.165) is 34.8 Å². The zero-order valence-electron chi connectivity index (χ0n) is 27.8. The Balaban J connectivity index is 0.000000150. The van der Waals surface area contributed by atoms with Crippen LogP contribution in [0.3, 0.4) is 0 Å². The standard InChI is InChI=1S/C15H15N3OS.C13H11N3OS.C11H14/c19-14(18-15-16-8-9-20-15)7-3-4-11-10-17-13-6-2-1-5-12(11)13;17-12(16-13-14-5-6-18-13)7-9-8-15-11-4-2-1-3-10(9)11;1-4-9(2)11-8-6-5-7-10(11)3/h1-2,5-6,8-10,17H,3-4,7H2,(H,16,18,19);1-6,8,15H,7H2,(H,14,16,17);4-8H,1-3H3/b;;9-4-. The maximum Gasteiger partial charge on any atom is 0.230 e. The summed E-state index contributed by atoms with van der Waals surface area (Å²) in [7, 11) is 0. The number of carbonyl (C=O) groups is 2. The summed E-state index contributed by atoms with van der Waals surface area (Å²) in [5, 5.41) is 12.9. The summed E-state index contributed by atoms with van der Waals surface area (Å²) in [6.07, 6.45) is 12.0. The number of fused-ring (bicyclic) bond motifs is 2. The molecule has 4 heterocycles. The van der Waals surface area contributed by atoms with Crippen molar-refractivity contribution in [3.05, 3.63) is 137 Å². The maximum absolute atomic E-state index is 11.9. The zero-order valence-corrected chi connectivity index (χ0v) is 29.5. The molecule has 0 unspecified atom stereocenters. The Kier molecular flexibility index (Phi) is 12.7. The number of aromatic nitrogens is 4. The lowest BCUT2D eigenvalue weighted by Gasteiger charge is -2.03. The molecular formula is C39H40N6O2S2. The summed E-state index contributed by atoms with van der Waals surface area (Å²) >= 11 is 2.85. The molecule has 0 saturated carbocycles. The molecule has 0 spiro atoms. The molecule has 250 valence electrons. The molecule has 49 heavy (non-hydrogen) atoms. The fraction of sp³-hybridized carbons (Fsp3) is 0.179. The first-order chi connectivity index (χ1) is 23.9. The summed E-state index contributed by atoms with van der Waals surface area (Å²) in [5.74, 6) is -0.0190. The van der Waals surface area contributed by atoms with Crippen LogP contribution in [0, 0.1) is 6.92 Å². The number of carbonyl (C=O) groups excluding carboxylic acids is 2. The summed E-state index contributed by atoms with van der Waals surface area (Å²) in [6.45, 7) is 6.35. The molecule has 7 rings (SSSR count). The second-order valence-electron chi connectivity index (χ2n) is 11.3. The number of hydrogen-bond acceptors (Lipinski definition) is 6. The van der Waals surface area contributed by atoms with Crippen LogP contribution >= 0.6 is 22.7 Å². The monoisotopic (exact) mass is 688 g/mol. The third kappa shape index (κ3) is 10.1. The molecule has 0 saturated heterocycles. The van der Waals surface area contributed by atoms with E-state index in [-0.39, 0.29) is 11.8 Å². The van der Waals surface area contributed by atoms with Crippen LogP contribution in [0.4, 0.5) is 10.3 Å². The number of amides is 2. The van der Waals surface area contributed by atoms with Crippen molar-refractivity contribution >= 4 is 72.1 Å². The van der Waals surface area contributed by atoms with Crippen molar-refractivity contribution in [2.45, 2.75) is 46.5 Å². The van der Waals surface area contributed by atoms with Crippen LogP contribution in [0.2, 0.25) is 0 Å². The van der Waals surface area contributed by atoms with Gasteiger partial charge in [-0.25, -0.2) is 9.97 Å². The van der Waals surface area contributed by atoms with Crippen LogP contribution in [-0.4, -0.2) is 31.8 Å². The molecule has 0 aliphatic heterocycles. The number of hydrogen-bond donors (Lipinski definition) is 4. The summed E-state index contributed by atoms with van der Waals surface area (Å²) in [6, 6.07) is 24.6. The lowest BCUT2D eigenvalue weighted by Crippen LogP contribution is -2.13. The molecule has 2 amide bonds. The molecule has 0 aliphatic rings. The number of benzene rings is 3. The molecule has 4 N–H and O–H groups in total. The third-order valence-electron chi connectivity index (χ3n) is 7.91. The molecular weight excluding hydrogens is 649 g/mol. The number of allylic oxidation sites excluding steroid dienone is 2. The average Bonchev–Trinajstić information content (AvgIpc) is 3.95. The molecule has 0 aliphatic carbocycles. The number of aromatic amines is 2. The first-order valence-electron chi connectivity index (χ1n) is 16.1. The number of para-hydroxylation sites is 2. The van der Waals surface area contributed by atoms with Crippen molar-refractivity contribution in [3.63, 3.8) is 0 Å². The molecule has 0 radical (unpaired) electrons. The largest absolute Gasteiger partial charge is 0.361 e. The topological polar surface area (TPSA) is 116 Å². The SMILES string of the molecule is C/C=C(/C)c1ccccc1C.O=C(CCCc1c[nH]c2ccccc12)Nc1nccs1.O=C(Cc1c[nH]c2ccccc12)Nc1nccs1. The quantitative estimate of drug-likeness (QED) is 0.121. The summed E-state index contributed by atoms with van der Waals surface area (Å²) < 4.78 is 0. The van der Waals surface area contributed by atoms with Gasteiger partial charge in [0, 0.05) is 63.8 Å². The third-order valence-corrected chi connectivity index (χ3v) is 9.29. The van der Waals surface area contributed by atoms with E-state index in [9.17, 15) is 9.59 Å². The minimum absolute atomic E-state index is 0.0276. The molecule has 10 heteroatoms. The van der Waals surface area contributed by atoms with E-state index >= 15 is 0 Å². The lowest BCUT2D eigenvalue weighted by atomic mass is 10.0. The second kappa shape index (κ2) is 17.7. The summed E-state index contributed by atoms with van der Waals surface area (Å²) in [5.41, 5.74) is 8.52. The van der Waals surface area contributed by atoms with Crippen LogP contribution in [0.5, 0.6) is 0 Å². The highest BCUT2D eigenvalue weighted by molar-refractivity contribution is 7.14. The van der Waals surface area contributed by atoms with E-state index in [2.05, 4.69) is 93.8 Å². The Morgan fingerprint density at radius 1 is 0.755 bits per heavy atom. The molecule has 3 aromatic carbocycles. The normalized spacial score (nSPS) is 11.0. The molecule has 8 nitrogen and oxygen atoms in total. The van der Waals surface area contributed by atoms with Crippen LogP contribution in [0.15, 0.2) is 114 Å². The van der Waals surface area contributed by atoms with E-state index in [1.807, 2.05) is 59.6 Å². The van der Waals surface area contributed by atoms with Gasteiger partial charge < -0.3 is 20.6 Å². The van der Waals surface area contributed by atoms with Gasteiger partial charge in [-0.15, -0.1) is 22.7 Å². The zero-order chi connectivity index (χ0) is 34.4. The van der Waals surface area contributed by atoms with Crippen molar-refractivity contribution in [2.75, 3.05) is 10.6 Å². The van der Waals surface area contributed by atoms with E-state index in [4.69, 9.17) is 0 Å². The predicted molar refractivity (Wildman–Crippen MR) is 205 cm³/mol. The van der Waals surface area contributed by atoms with Gasteiger partial charge in [0.25, 0.3) is 0 Å². The molecule has 0 fully saturated rings. The Hall–Kier alpha value is -5.32. The van der Waals surface area contributed by atoms with Gasteiger partial charge in [-0.3, -0.25) is 9.59 Å². The number of H-pyrrole nitrogens is 2. The molecule has 0 atom stereocenters. The highest BCUT2D eigenvalue weighted by Crippen LogP contribution is 2.21. The average molecular weight is 689 g/mol. The van der Waals surface area contributed by atoms with Crippen molar-refractivity contribution < 1.29 is 9.59 Å². The van der Waals surface area contributed by atoms with Gasteiger partial charge in [-0.2, -0.15) is 0 Å². The Labute approximate surface area is 294 Å². The van der Waals surface area contributed by atoms with Crippen LogP contribution in [0.25, 0.3) is 27.4 Å². The molecule has 4 aromatic heterocycles. The maximum atomic E-state index is 11.9. The first kappa shape index (κ1) is 35.0. The van der Waals surface area contributed by atoms with Crippen molar-refractivity contribution in [3.8, 4) is 0 Å². The number of nitrogens with zero attached hydrogens (tertiary/aromatic N) is 2. The lowest BCUT2D eigenvalue weighted by molar-refractivity contribution is -0.116. The fourth-order valence-corrected chi connectivity index (χ4v) is 6.41. The molecule has 7 aromatic rings. The van der Waals surface area contributed by atoms with E-state index in [1.165, 1.54) is 50.3 Å². The van der Waals surface area contributed by atoms with Crippen LogP contribution < -0.4 is 10.6 Å². The Morgan fingerprint density at radius 3 is 1.90 bits per heavy atom. The van der Waals surface area contributed by atoms with Gasteiger partial charge in [0.1, 0.15) is 0 Å². The highest BCUT2D eigenvalue weighted by atomic mass is 32.1. The van der Waals surface area contributed by atoms with E-state index in [0.29, 0.717) is 23.1 Å². The van der Waals surface area contributed by atoms with Gasteiger partial charge in [0.15, 0.2) is 10.3 Å². The van der Waals surface area contributed by atoms with Gasteiger partial charge >= 0.3 is 0 Å². The first-order valence-corrected chi connectivity index (χ1v) is 17.8. The minimum Gasteiger partial charge on any atom is -0.361 e. The van der Waals surface area contributed by atoms with Gasteiger partial charge in [0.05, 0.1) is 6.42 Å². The van der Waals surface area contributed by atoms with Crippen molar-refractivity contribution in [1.29, 1.82) is 0 Å². The predicted octanol–water partition coefficient (Wildman–Crippen LogP) is 9.81. The van der Waals surface area contributed by atoms with E-state index in [1.54, 1.807) is 12.4 Å². The number of rotatable bonds is 9.